The normalized spacial score (nSPS) is 27.4. The molecule has 0 N–H and O–H groups in total. The lowest BCUT2D eigenvalue weighted by molar-refractivity contribution is -0.125. The molecule has 32 heavy (non-hydrogen) atoms. The topological polar surface area (TPSA) is 40.6 Å². The highest BCUT2D eigenvalue weighted by atomic mass is 35.5. The van der Waals surface area contributed by atoms with Crippen LogP contribution in [-0.4, -0.2) is 48.8 Å². The van der Waals surface area contributed by atoms with E-state index in [-0.39, 0.29) is 22.9 Å². The first-order chi connectivity index (χ1) is 15.0. The van der Waals surface area contributed by atoms with Gasteiger partial charge < -0.3 is 9.80 Å². The fraction of sp³-hybridized carbons (Fsp3) is 0.385. The van der Waals surface area contributed by atoms with Crippen molar-refractivity contribution in [3.63, 3.8) is 0 Å². The van der Waals surface area contributed by atoms with Gasteiger partial charge in [0.15, 0.2) is 5.54 Å². The number of carbonyl (C=O) groups excluding carboxylic acids is 2. The Kier molecular flexibility index (Phi) is 4.28. The summed E-state index contributed by atoms with van der Waals surface area (Å²) in [4.78, 5) is 29.2. The minimum absolute atomic E-state index is 0.0472. The van der Waals surface area contributed by atoms with Crippen molar-refractivity contribution in [1.29, 1.82) is 0 Å². The van der Waals surface area contributed by atoms with Crippen molar-refractivity contribution in [1.82, 2.24) is 14.3 Å². The first-order valence-corrected chi connectivity index (χ1v) is 11.4. The lowest BCUT2D eigenvalue weighted by Crippen LogP contribution is -2.67. The second-order valence-electron chi connectivity index (χ2n) is 9.97. The highest BCUT2D eigenvalue weighted by Gasteiger charge is 2.67. The van der Waals surface area contributed by atoms with E-state index in [9.17, 15) is 9.59 Å². The molecule has 3 heterocycles. The van der Waals surface area contributed by atoms with E-state index < -0.39 is 0 Å². The van der Waals surface area contributed by atoms with Gasteiger partial charge in [-0.1, -0.05) is 18.2 Å². The summed E-state index contributed by atoms with van der Waals surface area (Å²) in [6.45, 7) is 11.2. The summed E-state index contributed by atoms with van der Waals surface area (Å²) in [5.74, 6) is 0.00415. The van der Waals surface area contributed by atoms with Crippen LogP contribution in [0.2, 0.25) is 5.02 Å². The van der Waals surface area contributed by atoms with E-state index in [1.165, 1.54) is 17.3 Å². The minimum Gasteiger partial charge on any atom is -0.332 e. The molecule has 5 nitrogen and oxygen atoms in total. The molecule has 0 aliphatic carbocycles. The highest BCUT2D eigenvalue weighted by molar-refractivity contribution is 6.31. The molecule has 2 aromatic rings. The van der Waals surface area contributed by atoms with Gasteiger partial charge in [0, 0.05) is 37.2 Å². The van der Waals surface area contributed by atoms with Crippen LogP contribution < -0.4 is 4.48 Å². The zero-order valence-electron chi connectivity index (χ0n) is 19.3. The lowest BCUT2D eigenvalue weighted by atomic mass is 9.71. The molecule has 3 aliphatic rings. The Morgan fingerprint density at radius 2 is 1.97 bits per heavy atom. The van der Waals surface area contributed by atoms with Crippen molar-refractivity contribution in [2.75, 3.05) is 27.2 Å². The van der Waals surface area contributed by atoms with E-state index in [2.05, 4.69) is 58.7 Å². The fourth-order valence-corrected chi connectivity index (χ4v) is 6.39. The Bertz CT molecular complexity index is 1220. The smallest absolute Gasteiger partial charge is 0.254 e. The van der Waals surface area contributed by atoms with Crippen molar-refractivity contribution in [3.8, 4) is 0 Å². The van der Waals surface area contributed by atoms with Crippen LogP contribution in [0.1, 0.15) is 47.3 Å². The third-order valence-corrected chi connectivity index (χ3v) is 8.88. The maximum Gasteiger partial charge on any atom is 0.254 e. The predicted octanol–water partition coefficient (Wildman–Crippen LogP) is 4.87. The quantitative estimate of drug-likeness (QED) is 0.484. The molecule has 0 saturated carbocycles. The van der Waals surface area contributed by atoms with Gasteiger partial charge in [0.1, 0.15) is 11.4 Å². The molecular formula is C26H29ClN3O2+. The Hall–Kier alpha value is -2.63. The summed E-state index contributed by atoms with van der Waals surface area (Å²) in [5, 5.41) is 0.746. The molecule has 2 atom stereocenters. The number of amides is 2. The van der Waals surface area contributed by atoms with Gasteiger partial charge >= 0.3 is 0 Å². The van der Waals surface area contributed by atoms with Gasteiger partial charge in [0.2, 0.25) is 5.91 Å². The standard InChI is InChI=1S/C26H29ClN3O2/c1-7-22(31)29-13-12-26(15-29)23-16(2)20(27)10-11-21(23)30(26,6)17-8-9-19-18(14-17)24(32)28(5)25(19,3)4/h7-11,14H,1,12-13,15H2,2-6H3/q+1/t26-,30?/m1/s1. The van der Waals surface area contributed by atoms with Gasteiger partial charge in [0.25, 0.3) is 5.91 Å². The summed E-state index contributed by atoms with van der Waals surface area (Å²) in [6, 6.07) is 10.4. The SMILES string of the molecule is C=CC(=O)N1CC[C@@]2(C1)c1c(ccc(Cl)c1C)[N+]2(C)c1ccc2c(c1)C(=O)N(C)C2(C)C. The average molecular weight is 451 g/mol. The number of carbonyl (C=O) groups is 2. The summed E-state index contributed by atoms with van der Waals surface area (Å²) in [6.07, 6.45) is 2.22. The third-order valence-electron chi connectivity index (χ3n) is 8.47. The van der Waals surface area contributed by atoms with Crippen LogP contribution in [0.25, 0.3) is 0 Å². The van der Waals surface area contributed by atoms with Crippen LogP contribution in [-0.2, 0) is 15.9 Å². The van der Waals surface area contributed by atoms with E-state index in [4.69, 9.17) is 11.6 Å². The first-order valence-electron chi connectivity index (χ1n) is 11.0. The third kappa shape index (κ3) is 2.28. The molecule has 1 spiro atoms. The molecule has 0 bridgehead atoms. The number of likely N-dealkylation sites (N-methyl/N-ethyl adjacent to an activating group) is 1. The summed E-state index contributed by atoms with van der Waals surface area (Å²) < 4.78 is 0.548. The maximum atomic E-state index is 13.1. The van der Waals surface area contributed by atoms with Crippen molar-refractivity contribution in [2.24, 2.45) is 0 Å². The van der Waals surface area contributed by atoms with Gasteiger partial charge in [-0.05, 0) is 56.2 Å². The second kappa shape index (κ2) is 6.46. The number of quaternary nitrogens is 1. The molecule has 5 rings (SSSR count). The Labute approximate surface area is 194 Å². The number of likely N-dealkylation sites (tertiary alicyclic amines) is 1. The van der Waals surface area contributed by atoms with Crippen molar-refractivity contribution >= 4 is 34.8 Å². The van der Waals surface area contributed by atoms with Gasteiger partial charge in [0.05, 0.1) is 30.3 Å². The Morgan fingerprint density at radius 3 is 2.66 bits per heavy atom. The molecule has 0 aromatic heterocycles. The number of hydrogen-bond acceptors (Lipinski definition) is 2. The Morgan fingerprint density at radius 1 is 1.25 bits per heavy atom. The molecule has 166 valence electrons. The minimum atomic E-state index is -0.335. The molecule has 3 aliphatic heterocycles. The van der Waals surface area contributed by atoms with Gasteiger partial charge in [-0.3, -0.25) is 14.1 Å². The molecule has 1 saturated heterocycles. The number of hydrogen-bond donors (Lipinski definition) is 0. The number of fused-ring (bicyclic) bond motifs is 3. The molecule has 1 fully saturated rings. The van der Waals surface area contributed by atoms with E-state index in [0.29, 0.717) is 17.6 Å². The zero-order valence-corrected chi connectivity index (χ0v) is 20.1. The van der Waals surface area contributed by atoms with E-state index >= 15 is 0 Å². The van der Waals surface area contributed by atoms with Crippen LogP contribution in [0.5, 0.6) is 0 Å². The maximum absolute atomic E-state index is 13.1. The number of nitrogens with zero attached hydrogens (tertiary/aromatic N) is 3. The molecule has 2 amide bonds. The average Bonchev–Trinajstić information content (AvgIpc) is 3.31. The van der Waals surface area contributed by atoms with E-state index in [1.807, 2.05) is 22.9 Å². The first kappa shape index (κ1) is 21.2. The van der Waals surface area contributed by atoms with Crippen molar-refractivity contribution in [2.45, 2.75) is 38.3 Å². The second-order valence-corrected chi connectivity index (χ2v) is 10.4. The van der Waals surface area contributed by atoms with Crippen LogP contribution in [0.3, 0.4) is 0 Å². The highest BCUT2D eigenvalue weighted by Crippen LogP contribution is 2.63. The summed E-state index contributed by atoms with van der Waals surface area (Å²) >= 11 is 6.54. The molecule has 6 heteroatoms. The van der Waals surface area contributed by atoms with Crippen LogP contribution in [0.15, 0.2) is 43.0 Å². The van der Waals surface area contributed by atoms with Gasteiger partial charge in [-0.15, -0.1) is 0 Å². The van der Waals surface area contributed by atoms with Gasteiger partial charge in [-0.25, -0.2) is 0 Å². The predicted molar refractivity (Wildman–Crippen MR) is 128 cm³/mol. The zero-order chi connectivity index (χ0) is 23.2. The number of halogens is 1. The van der Waals surface area contributed by atoms with E-state index in [0.717, 1.165) is 33.8 Å². The lowest BCUT2D eigenvalue weighted by Gasteiger charge is -2.57. The molecule has 1 unspecified atom stereocenters. The summed E-state index contributed by atoms with van der Waals surface area (Å²) in [5.41, 5.74) is 5.72. The monoisotopic (exact) mass is 450 g/mol. The van der Waals surface area contributed by atoms with Crippen LogP contribution >= 0.6 is 11.6 Å². The fourth-order valence-electron chi connectivity index (χ4n) is 6.24. The van der Waals surface area contributed by atoms with Crippen LogP contribution in [0, 0.1) is 6.92 Å². The van der Waals surface area contributed by atoms with Crippen molar-refractivity contribution < 1.29 is 9.59 Å². The molecular weight excluding hydrogens is 422 g/mol. The number of rotatable bonds is 2. The van der Waals surface area contributed by atoms with Crippen LogP contribution in [0.4, 0.5) is 11.4 Å². The largest absolute Gasteiger partial charge is 0.332 e. The van der Waals surface area contributed by atoms with E-state index in [1.54, 1.807) is 0 Å². The number of benzene rings is 2. The molecule has 0 radical (unpaired) electrons. The van der Waals surface area contributed by atoms with Gasteiger partial charge in [-0.2, -0.15) is 0 Å². The Balaban J connectivity index is 1.71. The molecule has 2 aromatic carbocycles. The van der Waals surface area contributed by atoms with Crippen molar-refractivity contribution in [3.05, 3.63) is 70.3 Å². The summed E-state index contributed by atoms with van der Waals surface area (Å²) in [7, 11) is 4.06.